The molecule has 0 spiro atoms. The Bertz CT molecular complexity index is 1140. The number of carbonyl (C=O) groups is 1. The van der Waals surface area contributed by atoms with E-state index in [-0.39, 0.29) is 11.9 Å². The number of aromatic nitrogens is 5. The van der Waals surface area contributed by atoms with E-state index in [1.165, 1.54) is 6.07 Å². The molecule has 0 unspecified atom stereocenters. The number of hydrogen-bond donors (Lipinski definition) is 1. The Morgan fingerprint density at radius 2 is 1.97 bits per heavy atom. The Hall–Kier alpha value is -3.17. The van der Waals surface area contributed by atoms with Gasteiger partial charge in [-0.25, -0.2) is 0 Å². The first-order chi connectivity index (χ1) is 14.8. The molecule has 1 saturated carbocycles. The number of nitrogens with zero attached hydrogens (tertiary/aromatic N) is 5. The number of amides is 1. The number of carbonyl (C=O) groups excluding carboxylic acids is 1. The minimum atomic E-state index is -4.52. The lowest BCUT2D eigenvalue weighted by atomic mass is 10.0. The van der Waals surface area contributed by atoms with Crippen molar-refractivity contribution in [3.05, 3.63) is 53.2 Å². The van der Waals surface area contributed by atoms with Crippen LogP contribution in [0, 0.1) is 0 Å². The molecular weight excluding hydrogens is 409 g/mol. The fourth-order valence-corrected chi connectivity index (χ4v) is 4.03. The summed E-state index contributed by atoms with van der Waals surface area (Å²) in [4.78, 5) is 16.3. The maximum atomic E-state index is 13.0. The highest BCUT2D eigenvalue weighted by Gasteiger charge is 2.33. The van der Waals surface area contributed by atoms with Crippen molar-refractivity contribution in [2.24, 2.45) is 7.05 Å². The zero-order chi connectivity index (χ0) is 21.8. The minimum Gasteiger partial charge on any atom is -0.342 e. The van der Waals surface area contributed by atoms with E-state index in [2.05, 4.69) is 20.5 Å². The number of rotatable bonds is 4. The molecule has 5 rings (SSSR count). The first-order valence-corrected chi connectivity index (χ1v) is 10.3. The summed E-state index contributed by atoms with van der Waals surface area (Å²) < 4.78 is 42.4. The zero-order valence-corrected chi connectivity index (χ0v) is 16.9. The van der Waals surface area contributed by atoms with Crippen LogP contribution in [0.2, 0.25) is 0 Å². The molecule has 0 bridgehead atoms. The molecule has 1 amide bonds. The Kier molecular flexibility index (Phi) is 4.60. The molecule has 1 aliphatic heterocycles. The van der Waals surface area contributed by atoms with Crippen LogP contribution in [0.3, 0.4) is 0 Å². The first-order valence-electron chi connectivity index (χ1n) is 10.3. The Morgan fingerprint density at radius 1 is 1.16 bits per heavy atom. The van der Waals surface area contributed by atoms with Gasteiger partial charge in [0.25, 0.3) is 5.91 Å². The van der Waals surface area contributed by atoms with Crippen molar-refractivity contribution < 1.29 is 18.0 Å². The standard InChI is InChI=1S/C21H21F3N6O/c1-29-18(11-15(27-29)12-4-5-12)20(31)26-14-3-2-8-30-17(14)10-16(28-30)13-6-7-25-19(9-13)21(22,23)24/h6-7,9-12,14H,2-5,8H2,1H3,(H,26,31)/t14-/m0/s1. The van der Waals surface area contributed by atoms with E-state index in [0.29, 0.717) is 29.4 Å². The number of pyridine rings is 1. The molecule has 0 aromatic carbocycles. The SMILES string of the molecule is Cn1nc(C2CC2)cc1C(=O)N[C@H]1CCCn2nc(-c3ccnc(C(F)(F)F)c3)cc21. The average molecular weight is 430 g/mol. The summed E-state index contributed by atoms with van der Waals surface area (Å²) in [6.45, 7) is 0.649. The van der Waals surface area contributed by atoms with E-state index in [4.69, 9.17) is 0 Å². The van der Waals surface area contributed by atoms with Gasteiger partial charge in [0.15, 0.2) is 0 Å². The van der Waals surface area contributed by atoms with Gasteiger partial charge in [0.2, 0.25) is 0 Å². The number of aryl methyl sites for hydroxylation is 2. The molecule has 1 N–H and O–H groups in total. The smallest absolute Gasteiger partial charge is 0.342 e. The number of nitrogens with one attached hydrogen (secondary N) is 1. The molecule has 31 heavy (non-hydrogen) atoms. The molecule has 7 nitrogen and oxygen atoms in total. The second-order valence-corrected chi connectivity index (χ2v) is 8.13. The molecule has 4 heterocycles. The summed E-state index contributed by atoms with van der Waals surface area (Å²) in [6.07, 6.45) is 0.363. The molecule has 1 aliphatic carbocycles. The fourth-order valence-electron chi connectivity index (χ4n) is 4.03. The summed E-state index contributed by atoms with van der Waals surface area (Å²) in [5, 5.41) is 12.0. The molecule has 3 aromatic heterocycles. The lowest BCUT2D eigenvalue weighted by molar-refractivity contribution is -0.141. The van der Waals surface area contributed by atoms with Gasteiger partial charge in [0, 0.05) is 31.3 Å². The lowest BCUT2D eigenvalue weighted by Gasteiger charge is -2.24. The molecule has 1 fully saturated rings. The van der Waals surface area contributed by atoms with Crippen LogP contribution in [0.4, 0.5) is 13.2 Å². The van der Waals surface area contributed by atoms with Gasteiger partial charge in [-0.1, -0.05) is 0 Å². The van der Waals surface area contributed by atoms with Crippen LogP contribution in [-0.2, 0) is 19.8 Å². The highest BCUT2D eigenvalue weighted by Crippen LogP contribution is 2.39. The van der Waals surface area contributed by atoms with E-state index < -0.39 is 11.9 Å². The summed E-state index contributed by atoms with van der Waals surface area (Å²) in [5.41, 5.74) is 2.05. The lowest BCUT2D eigenvalue weighted by Crippen LogP contribution is -2.33. The van der Waals surface area contributed by atoms with E-state index in [1.807, 2.05) is 6.07 Å². The van der Waals surface area contributed by atoms with Crippen LogP contribution in [0.1, 0.15) is 65.2 Å². The average Bonchev–Trinajstić information content (AvgIpc) is 3.36. The van der Waals surface area contributed by atoms with Crippen LogP contribution in [0.25, 0.3) is 11.3 Å². The van der Waals surface area contributed by atoms with Gasteiger partial charge < -0.3 is 5.32 Å². The molecule has 1 atom stereocenters. The second kappa shape index (κ2) is 7.21. The number of halogens is 3. The van der Waals surface area contributed by atoms with Gasteiger partial charge in [0.1, 0.15) is 11.4 Å². The Morgan fingerprint density at radius 3 is 2.71 bits per heavy atom. The van der Waals surface area contributed by atoms with Crippen LogP contribution < -0.4 is 5.32 Å². The number of alkyl halides is 3. The molecule has 0 radical (unpaired) electrons. The van der Waals surface area contributed by atoms with Crippen molar-refractivity contribution in [2.45, 2.75) is 50.4 Å². The fraction of sp³-hybridized carbons (Fsp3) is 0.429. The van der Waals surface area contributed by atoms with E-state index >= 15 is 0 Å². The molecule has 2 aliphatic rings. The van der Waals surface area contributed by atoms with Crippen molar-refractivity contribution >= 4 is 5.91 Å². The van der Waals surface area contributed by atoms with Crippen molar-refractivity contribution in [3.8, 4) is 11.3 Å². The third kappa shape index (κ3) is 3.82. The van der Waals surface area contributed by atoms with Crippen molar-refractivity contribution in [1.82, 2.24) is 29.9 Å². The van der Waals surface area contributed by atoms with Crippen molar-refractivity contribution in [2.75, 3.05) is 0 Å². The normalized spacial score (nSPS) is 18.6. The Balaban J connectivity index is 1.40. The van der Waals surface area contributed by atoms with E-state index in [1.54, 1.807) is 22.5 Å². The largest absolute Gasteiger partial charge is 0.433 e. The third-order valence-electron chi connectivity index (χ3n) is 5.81. The highest BCUT2D eigenvalue weighted by atomic mass is 19.4. The number of hydrogen-bond acceptors (Lipinski definition) is 4. The van der Waals surface area contributed by atoms with Gasteiger partial charge in [-0.05, 0) is 49.9 Å². The van der Waals surface area contributed by atoms with Crippen LogP contribution in [0.5, 0.6) is 0 Å². The van der Waals surface area contributed by atoms with Gasteiger partial charge in [-0.15, -0.1) is 0 Å². The monoisotopic (exact) mass is 430 g/mol. The Labute approximate surface area is 176 Å². The molecule has 10 heteroatoms. The van der Waals surface area contributed by atoms with Gasteiger partial charge in [-0.3, -0.25) is 19.1 Å². The third-order valence-corrected chi connectivity index (χ3v) is 5.81. The summed E-state index contributed by atoms with van der Waals surface area (Å²) >= 11 is 0. The van der Waals surface area contributed by atoms with Crippen LogP contribution in [0.15, 0.2) is 30.5 Å². The van der Waals surface area contributed by atoms with Crippen molar-refractivity contribution in [3.63, 3.8) is 0 Å². The molecule has 0 saturated heterocycles. The topological polar surface area (TPSA) is 77.6 Å². The maximum Gasteiger partial charge on any atom is 0.433 e. The first kappa shape index (κ1) is 19.8. The second-order valence-electron chi connectivity index (χ2n) is 8.13. The quantitative estimate of drug-likeness (QED) is 0.682. The van der Waals surface area contributed by atoms with Crippen LogP contribution >= 0.6 is 0 Å². The predicted molar refractivity (Wildman–Crippen MR) is 105 cm³/mol. The molecular formula is C21H21F3N6O. The summed E-state index contributed by atoms with van der Waals surface area (Å²) in [7, 11) is 1.76. The van der Waals surface area contributed by atoms with E-state index in [0.717, 1.165) is 49.3 Å². The van der Waals surface area contributed by atoms with Crippen molar-refractivity contribution in [1.29, 1.82) is 0 Å². The van der Waals surface area contributed by atoms with Gasteiger partial charge in [-0.2, -0.15) is 23.4 Å². The van der Waals surface area contributed by atoms with Crippen LogP contribution in [-0.4, -0.2) is 30.5 Å². The molecule has 162 valence electrons. The summed E-state index contributed by atoms with van der Waals surface area (Å²) in [5.74, 6) is 0.236. The minimum absolute atomic E-state index is 0.216. The molecule has 3 aromatic rings. The predicted octanol–water partition coefficient (Wildman–Crippen LogP) is 3.84. The zero-order valence-electron chi connectivity index (χ0n) is 16.9. The summed E-state index contributed by atoms with van der Waals surface area (Å²) in [6, 6.07) is 5.82. The van der Waals surface area contributed by atoms with E-state index in [9.17, 15) is 18.0 Å². The maximum absolute atomic E-state index is 13.0. The number of fused-ring (bicyclic) bond motifs is 1. The highest BCUT2D eigenvalue weighted by molar-refractivity contribution is 5.93. The van der Waals surface area contributed by atoms with Gasteiger partial charge >= 0.3 is 6.18 Å². The van der Waals surface area contributed by atoms with Gasteiger partial charge in [0.05, 0.1) is 23.1 Å².